The summed E-state index contributed by atoms with van der Waals surface area (Å²) >= 11 is 3.45. The predicted molar refractivity (Wildman–Crippen MR) is 97.8 cm³/mol. The van der Waals surface area contributed by atoms with Crippen LogP contribution in [0.3, 0.4) is 0 Å². The molecular weight excluding hydrogens is 389 g/mol. The van der Waals surface area contributed by atoms with E-state index >= 15 is 0 Å². The largest absolute Gasteiger partial charge is 0.370 e. The average molecular weight is 410 g/mol. The summed E-state index contributed by atoms with van der Waals surface area (Å²) in [6, 6.07) is 4.66. The highest BCUT2D eigenvalue weighted by atomic mass is 79.9. The summed E-state index contributed by atoms with van der Waals surface area (Å²) < 4.78 is 21.9. The maximum atomic E-state index is 13.4. The van der Waals surface area contributed by atoms with Crippen LogP contribution in [0, 0.1) is 5.82 Å². The van der Waals surface area contributed by atoms with Gasteiger partial charge in [-0.15, -0.1) is 0 Å². The van der Waals surface area contributed by atoms with Crippen LogP contribution in [0.5, 0.6) is 0 Å². The van der Waals surface area contributed by atoms with Gasteiger partial charge in [0.1, 0.15) is 11.9 Å². The molecule has 1 atom stereocenters. The first-order valence-corrected chi connectivity index (χ1v) is 8.86. The highest BCUT2D eigenvalue weighted by Crippen LogP contribution is 2.22. The lowest BCUT2D eigenvalue weighted by Crippen LogP contribution is -2.47. The Kier molecular flexibility index (Phi) is 5.70. The van der Waals surface area contributed by atoms with Gasteiger partial charge in [0, 0.05) is 43.4 Å². The van der Waals surface area contributed by atoms with Gasteiger partial charge < -0.3 is 15.0 Å². The summed E-state index contributed by atoms with van der Waals surface area (Å²) in [6.07, 6.45) is 3.75. The second-order valence-corrected chi connectivity index (χ2v) is 6.74. The highest BCUT2D eigenvalue weighted by molar-refractivity contribution is 9.10. The number of guanidine groups is 1. The molecule has 1 aromatic heterocycles. The molecule has 2 aromatic rings. The van der Waals surface area contributed by atoms with Crippen LogP contribution < -0.4 is 5.32 Å². The summed E-state index contributed by atoms with van der Waals surface area (Å²) in [5, 5.41) is 7.51. The van der Waals surface area contributed by atoms with Crippen LogP contribution in [0.2, 0.25) is 0 Å². The van der Waals surface area contributed by atoms with E-state index in [1.54, 1.807) is 17.8 Å². The zero-order valence-electron chi connectivity index (χ0n) is 14.2. The van der Waals surface area contributed by atoms with Crippen molar-refractivity contribution in [3.8, 4) is 0 Å². The van der Waals surface area contributed by atoms with Crippen molar-refractivity contribution < 1.29 is 9.13 Å². The number of benzene rings is 1. The standard InChI is InChI=1S/C17H21BrFN5O/c1-20-17(21-8-12-7-14(19)3-4-15(12)18)24-5-6-25-16(11-24)13-9-22-23(2)10-13/h3-4,7,9-10,16H,5-6,8,11H2,1-2H3,(H,20,21). The summed E-state index contributed by atoms with van der Waals surface area (Å²) in [5.74, 6) is 0.520. The van der Waals surface area contributed by atoms with Gasteiger partial charge in [-0.25, -0.2) is 4.39 Å². The Labute approximate surface area is 154 Å². The lowest BCUT2D eigenvalue weighted by molar-refractivity contribution is -0.00805. The van der Waals surface area contributed by atoms with Crippen molar-refractivity contribution in [1.82, 2.24) is 20.0 Å². The van der Waals surface area contributed by atoms with Crippen LogP contribution in [-0.4, -0.2) is 47.4 Å². The molecular formula is C17H21BrFN5O. The van der Waals surface area contributed by atoms with Crippen molar-refractivity contribution in [2.45, 2.75) is 12.6 Å². The molecule has 1 aliphatic heterocycles. The van der Waals surface area contributed by atoms with Gasteiger partial charge in [-0.1, -0.05) is 15.9 Å². The van der Waals surface area contributed by atoms with Gasteiger partial charge in [-0.05, 0) is 23.8 Å². The molecule has 0 bridgehead atoms. The third-order valence-corrected chi connectivity index (χ3v) is 4.89. The van der Waals surface area contributed by atoms with Gasteiger partial charge in [0.05, 0.1) is 19.3 Å². The Morgan fingerprint density at radius 3 is 3.08 bits per heavy atom. The van der Waals surface area contributed by atoms with E-state index in [4.69, 9.17) is 4.74 Å². The molecule has 1 unspecified atom stereocenters. The molecule has 1 fully saturated rings. The van der Waals surface area contributed by atoms with Crippen molar-refractivity contribution in [2.75, 3.05) is 26.7 Å². The van der Waals surface area contributed by atoms with Gasteiger partial charge in [0.15, 0.2) is 5.96 Å². The average Bonchev–Trinajstić information content (AvgIpc) is 3.05. The predicted octanol–water partition coefficient (Wildman–Crippen LogP) is 2.47. The molecule has 1 saturated heterocycles. The van der Waals surface area contributed by atoms with Crippen LogP contribution in [0.1, 0.15) is 17.2 Å². The fourth-order valence-electron chi connectivity index (χ4n) is 2.84. The Balaban J connectivity index is 1.65. The van der Waals surface area contributed by atoms with Crippen LogP contribution in [0.25, 0.3) is 0 Å². The molecule has 0 spiro atoms. The first kappa shape index (κ1) is 17.9. The van der Waals surface area contributed by atoms with Crippen molar-refractivity contribution in [2.24, 2.45) is 12.0 Å². The zero-order chi connectivity index (χ0) is 17.8. The van der Waals surface area contributed by atoms with E-state index in [0.29, 0.717) is 19.7 Å². The van der Waals surface area contributed by atoms with Gasteiger partial charge in [0.2, 0.25) is 0 Å². The van der Waals surface area contributed by atoms with E-state index < -0.39 is 0 Å². The fourth-order valence-corrected chi connectivity index (χ4v) is 3.22. The maximum Gasteiger partial charge on any atom is 0.194 e. The zero-order valence-corrected chi connectivity index (χ0v) is 15.8. The number of rotatable bonds is 3. The first-order chi connectivity index (χ1) is 12.1. The van der Waals surface area contributed by atoms with E-state index in [9.17, 15) is 4.39 Å². The summed E-state index contributed by atoms with van der Waals surface area (Å²) in [6.45, 7) is 2.54. The fraction of sp³-hybridized carbons (Fsp3) is 0.412. The number of halogens is 2. The topological polar surface area (TPSA) is 54.7 Å². The van der Waals surface area contributed by atoms with E-state index in [1.807, 2.05) is 19.4 Å². The number of hydrogen-bond donors (Lipinski definition) is 1. The second-order valence-electron chi connectivity index (χ2n) is 5.89. The van der Waals surface area contributed by atoms with Crippen LogP contribution in [0.15, 0.2) is 40.1 Å². The number of nitrogens with one attached hydrogen (secondary N) is 1. The molecule has 6 nitrogen and oxygen atoms in total. The third-order valence-electron chi connectivity index (χ3n) is 4.12. The lowest BCUT2D eigenvalue weighted by atomic mass is 10.1. The number of hydrogen-bond acceptors (Lipinski definition) is 3. The molecule has 1 N–H and O–H groups in total. The normalized spacial score (nSPS) is 18.5. The third kappa shape index (κ3) is 4.38. The monoisotopic (exact) mass is 409 g/mol. The maximum absolute atomic E-state index is 13.4. The van der Waals surface area contributed by atoms with E-state index in [-0.39, 0.29) is 11.9 Å². The van der Waals surface area contributed by atoms with E-state index in [2.05, 4.69) is 36.2 Å². The van der Waals surface area contributed by atoms with Crippen molar-refractivity contribution in [3.63, 3.8) is 0 Å². The molecule has 0 saturated carbocycles. The molecule has 134 valence electrons. The molecule has 0 aliphatic carbocycles. The molecule has 0 amide bonds. The Hall–Kier alpha value is -1.93. The second kappa shape index (κ2) is 7.97. The number of morpholine rings is 1. The summed E-state index contributed by atoms with van der Waals surface area (Å²) in [7, 11) is 3.64. The molecule has 0 radical (unpaired) electrons. The summed E-state index contributed by atoms with van der Waals surface area (Å²) in [5.41, 5.74) is 1.90. The SMILES string of the molecule is CN=C(NCc1cc(F)ccc1Br)N1CCOC(c2cnn(C)c2)C1. The van der Waals surface area contributed by atoms with Gasteiger partial charge in [-0.3, -0.25) is 9.67 Å². The molecule has 8 heteroatoms. The molecule has 25 heavy (non-hydrogen) atoms. The minimum atomic E-state index is -0.252. The number of aliphatic imine (C=N–C) groups is 1. The Bertz CT molecular complexity index is 763. The number of aromatic nitrogens is 2. The summed E-state index contributed by atoms with van der Waals surface area (Å²) in [4.78, 5) is 6.51. The highest BCUT2D eigenvalue weighted by Gasteiger charge is 2.25. The number of aryl methyl sites for hydroxylation is 1. The molecule has 3 rings (SSSR count). The number of ether oxygens (including phenoxy) is 1. The van der Waals surface area contributed by atoms with Crippen molar-refractivity contribution >= 4 is 21.9 Å². The minimum absolute atomic E-state index is 0.0399. The molecule has 1 aromatic carbocycles. The molecule has 2 heterocycles. The van der Waals surface area contributed by atoms with Gasteiger partial charge >= 0.3 is 0 Å². The quantitative estimate of drug-likeness (QED) is 0.624. The number of nitrogens with zero attached hydrogens (tertiary/aromatic N) is 4. The van der Waals surface area contributed by atoms with E-state index in [0.717, 1.165) is 28.1 Å². The van der Waals surface area contributed by atoms with E-state index in [1.165, 1.54) is 12.1 Å². The van der Waals surface area contributed by atoms with Gasteiger partial charge in [0.25, 0.3) is 0 Å². The van der Waals surface area contributed by atoms with Crippen molar-refractivity contribution in [1.29, 1.82) is 0 Å². The Morgan fingerprint density at radius 1 is 1.52 bits per heavy atom. The first-order valence-electron chi connectivity index (χ1n) is 8.06. The minimum Gasteiger partial charge on any atom is -0.370 e. The van der Waals surface area contributed by atoms with Crippen molar-refractivity contribution in [3.05, 3.63) is 52.0 Å². The smallest absolute Gasteiger partial charge is 0.194 e. The van der Waals surface area contributed by atoms with Crippen LogP contribution in [-0.2, 0) is 18.3 Å². The van der Waals surface area contributed by atoms with Gasteiger partial charge in [-0.2, -0.15) is 5.10 Å². The lowest BCUT2D eigenvalue weighted by Gasteiger charge is -2.34. The van der Waals surface area contributed by atoms with Crippen LogP contribution in [0.4, 0.5) is 4.39 Å². The Morgan fingerprint density at radius 2 is 2.36 bits per heavy atom. The van der Waals surface area contributed by atoms with Crippen LogP contribution >= 0.6 is 15.9 Å². The molecule has 1 aliphatic rings.